The Morgan fingerprint density at radius 1 is 1.30 bits per heavy atom. The highest BCUT2D eigenvalue weighted by Gasteiger charge is 2.24. The molecular weight excluding hydrogens is 461 g/mol. The summed E-state index contributed by atoms with van der Waals surface area (Å²) >= 11 is 6.44. The van der Waals surface area contributed by atoms with Crippen molar-refractivity contribution in [2.45, 2.75) is 17.1 Å². The molecule has 0 fully saturated rings. The SMILES string of the molecule is CN(c1cccc2cc(-c3ncc(CCC(=O)NS)s3)[nH]c12)S(=O)(=O)c1cccs1. The summed E-state index contributed by atoms with van der Waals surface area (Å²) in [7, 11) is -2.08. The van der Waals surface area contributed by atoms with Gasteiger partial charge in [-0.1, -0.05) is 31.0 Å². The molecule has 0 radical (unpaired) electrons. The van der Waals surface area contributed by atoms with Crippen LogP contribution in [0.4, 0.5) is 5.69 Å². The van der Waals surface area contributed by atoms with Crippen LogP contribution < -0.4 is 9.03 Å². The van der Waals surface area contributed by atoms with Crippen LogP contribution >= 0.6 is 35.5 Å². The summed E-state index contributed by atoms with van der Waals surface area (Å²) in [4.78, 5) is 20.1. The molecule has 4 aromatic rings. The number of sulfonamides is 1. The molecular formula is C19H18N4O3S4. The molecule has 0 unspecified atom stereocenters. The zero-order valence-electron chi connectivity index (χ0n) is 15.8. The van der Waals surface area contributed by atoms with E-state index in [-0.39, 0.29) is 5.91 Å². The molecule has 0 bridgehead atoms. The van der Waals surface area contributed by atoms with E-state index in [0.29, 0.717) is 22.7 Å². The van der Waals surface area contributed by atoms with Crippen LogP contribution in [0, 0.1) is 0 Å². The number of thiol groups is 1. The Labute approximate surface area is 187 Å². The predicted octanol–water partition coefficient (Wildman–Crippen LogP) is 4.07. The van der Waals surface area contributed by atoms with Crippen LogP contribution in [0.2, 0.25) is 0 Å². The van der Waals surface area contributed by atoms with E-state index in [1.807, 2.05) is 18.2 Å². The number of rotatable bonds is 7. The van der Waals surface area contributed by atoms with Crippen LogP contribution in [-0.4, -0.2) is 31.3 Å². The van der Waals surface area contributed by atoms with Gasteiger partial charge >= 0.3 is 0 Å². The minimum atomic E-state index is -3.63. The molecule has 156 valence electrons. The van der Waals surface area contributed by atoms with Gasteiger partial charge in [0.1, 0.15) is 9.22 Å². The van der Waals surface area contributed by atoms with E-state index >= 15 is 0 Å². The van der Waals surface area contributed by atoms with Crippen molar-refractivity contribution in [1.29, 1.82) is 0 Å². The standard InChI is InChI=1S/C19H18N4O3S4/c1-23(30(25,26)17-6-3-9-28-17)15-5-2-4-12-10-14(21-18(12)15)19-20-11-13(29-19)7-8-16(24)22-27/h2-6,9-11,21,27H,7-8H2,1H3,(H,22,24). The highest BCUT2D eigenvalue weighted by molar-refractivity contribution is 7.94. The van der Waals surface area contributed by atoms with Gasteiger partial charge in [0.15, 0.2) is 0 Å². The van der Waals surface area contributed by atoms with E-state index in [1.54, 1.807) is 36.8 Å². The van der Waals surface area contributed by atoms with E-state index < -0.39 is 10.0 Å². The second-order valence-corrected chi connectivity index (χ2v) is 11.0. The van der Waals surface area contributed by atoms with Crippen LogP contribution in [-0.2, 0) is 21.2 Å². The number of aromatic amines is 1. The average Bonchev–Trinajstić information content (AvgIpc) is 3.50. The second kappa shape index (κ2) is 8.42. The smallest absolute Gasteiger partial charge is 0.273 e. The number of nitrogens with zero attached hydrogens (tertiary/aromatic N) is 2. The Bertz CT molecular complexity index is 1290. The maximum absolute atomic E-state index is 12.9. The summed E-state index contributed by atoms with van der Waals surface area (Å²) in [6.07, 6.45) is 2.68. The predicted molar refractivity (Wildman–Crippen MR) is 125 cm³/mol. The van der Waals surface area contributed by atoms with Crippen molar-refractivity contribution < 1.29 is 13.2 Å². The third-order valence-electron chi connectivity index (χ3n) is 4.59. The van der Waals surface area contributed by atoms with E-state index in [9.17, 15) is 13.2 Å². The number of hydrogen-bond acceptors (Lipinski definition) is 7. The van der Waals surface area contributed by atoms with Gasteiger partial charge in [0.05, 0.1) is 16.9 Å². The lowest BCUT2D eigenvalue weighted by Crippen LogP contribution is -2.26. The summed E-state index contributed by atoms with van der Waals surface area (Å²) in [6.45, 7) is 0. The number of carbonyl (C=O) groups is 1. The number of nitrogens with one attached hydrogen (secondary N) is 2. The van der Waals surface area contributed by atoms with Crippen LogP contribution in [0.3, 0.4) is 0 Å². The topological polar surface area (TPSA) is 95.2 Å². The van der Waals surface area contributed by atoms with Crippen LogP contribution in [0.5, 0.6) is 0 Å². The summed E-state index contributed by atoms with van der Waals surface area (Å²) in [5, 5.41) is 3.41. The molecule has 0 spiro atoms. The molecule has 2 N–H and O–H groups in total. The van der Waals surface area contributed by atoms with Gasteiger partial charge in [-0.05, 0) is 30.0 Å². The number of carbonyl (C=O) groups excluding carboxylic acids is 1. The number of hydrogen-bond donors (Lipinski definition) is 3. The fourth-order valence-corrected chi connectivity index (χ4v) is 6.40. The molecule has 0 aliphatic carbocycles. The monoisotopic (exact) mass is 478 g/mol. The van der Waals surface area contributed by atoms with Gasteiger partial charge in [0, 0.05) is 29.9 Å². The van der Waals surface area contributed by atoms with Gasteiger partial charge in [0.2, 0.25) is 5.91 Å². The minimum absolute atomic E-state index is 0.140. The molecule has 0 aliphatic heterocycles. The number of aryl methyl sites for hydroxylation is 1. The van der Waals surface area contributed by atoms with Crippen molar-refractivity contribution in [2.75, 3.05) is 11.4 Å². The molecule has 3 aromatic heterocycles. The average molecular weight is 479 g/mol. The van der Waals surface area contributed by atoms with Crippen LogP contribution in [0.25, 0.3) is 21.6 Å². The van der Waals surface area contributed by atoms with Gasteiger partial charge in [-0.3, -0.25) is 9.10 Å². The summed E-state index contributed by atoms with van der Waals surface area (Å²) in [5.41, 5.74) is 2.09. The molecule has 0 saturated heterocycles. The summed E-state index contributed by atoms with van der Waals surface area (Å²) in [6, 6.07) is 10.8. The molecule has 4 rings (SSSR count). The quantitative estimate of drug-likeness (QED) is 0.349. The molecule has 3 heterocycles. The number of benzene rings is 1. The molecule has 0 aliphatic rings. The third kappa shape index (κ3) is 3.97. The first-order valence-electron chi connectivity index (χ1n) is 8.92. The van der Waals surface area contributed by atoms with Crippen LogP contribution in [0.15, 0.2) is 52.2 Å². The molecule has 0 atom stereocenters. The number of para-hydroxylation sites is 1. The zero-order chi connectivity index (χ0) is 21.3. The van der Waals surface area contributed by atoms with Gasteiger partial charge in [-0.2, -0.15) is 0 Å². The first kappa shape index (κ1) is 20.9. The maximum atomic E-state index is 12.9. The third-order valence-corrected chi connectivity index (χ3v) is 9.07. The zero-order valence-corrected chi connectivity index (χ0v) is 19.2. The van der Waals surface area contributed by atoms with Crippen molar-refractivity contribution in [2.24, 2.45) is 0 Å². The first-order chi connectivity index (χ1) is 14.4. The maximum Gasteiger partial charge on any atom is 0.273 e. The largest absolute Gasteiger partial charge is 0.351 e. The van der Waals surface area contributed by atoms with E-state index in [4.69, 9.17) is 0 Å². The number of thiophene rings is 1. The van der Waals surface area contributed by atoms with Crippen LogP contribution in [0.1, 0.15) is 11.3 Å². The number of anilines is 1. The second-order valence-electron chi connectivity index (χ2n) is 6.50. The lowest BCUT2D eigenvalue weighted by molar-refractivity contribution is -0.119. The number of fused-ring (bicyclic) bond motifs is 1. The number of amides is 1. The minimum Gasteiger partial charge on any atom is -0.351 e. The Morgan fingerprint density at radius 3 is 2.87 bits per heavy atom. The summed E-state index contributed by atoms with van der Waals surface area (Å²) < 4.78 is 29.8. The van der Waals surface area contributed by atoms with Crippen molar-refractivity contribution in [3.8, 4) is 10.7 Å². The lowest BCUT2D eigenvalue weighted by atomic mass is 10.2. The Kier molecular flexibility index (Phi) is 5.87. The molecule has 1 aromatic carbocycles. The van der Waals surface area contributed by atoms with Crippen molar-refractivity contribution in [3.63, 3.8) is 0 Å². The molecule has 0 saturated carbocycles. The van der Waals surface area contributed by atoms with E-state index in [2.05, 4.69) is 27.5 Å². The number of H-pyrrole nitrogens is 1. The summed E-state index contributed by atoms with van der Waals surface area (Å²) in [5.74, 6) is -0.140. The highest BCUT2D eigenvalue weighted by atomic mass is 32.2. The highest BCUT2D eigenvalue weighted by Crippen LogP contribution is 2.34. The van der Waals surface area contributed by atoms with Crippen molar-refractivity contribution >= 4 is 68.0 Å². The van der Waals surface area contributed by atoms with Gasteiger partial charge < -0.3 is 9.71 Å². The first-order valence-corrected chi connectivity index (χ1v) is 12.5. The van der Waals surface area contributed by atoms with Crippen molar-refractivity contribution in [1.82, 2.24) is 14.7 Å². The molecule has 11 heteroatoms. The number of thiazole rings is 1. The van der Waals surface area contributed by atoms with Gasteiger partial charge in [0.25, 0.3) is 10.0 Å². The van der Waals surface area contributed by atoms with Crippen molar-refractivity contribution in [3.05, 3.63) is 52.9 Å². The fraction of sp³-hybridized carbons (Fsp3) is 0.158. The molecule has 1 amide bonds. The van der Waals surface area contributed by atoms with Gasteiger partial charge in [-0.15, -0.1) is 22.7 Å². The fourth-order valence-electron chi connectivity index (χ4n) is 3.03. The van der Waals surface area contributed by atoms with E-state index in [1.165, 1.54) is 27.0 Å². The Hall–Kier alpha value is -2.34. The van der Waals surface area contributed by atoms with E-state index in [0.717, 1.165) is 26.5 Å². The Balaban J connectivity index is 1.66. The molecule has 7 nitrogen and oxygen atoms in total. The normalized spacial score (nSPS) is 11.7. The molecule has 30 heavy (non-hydrogen) atoms. The lowest BCUT2D eigenvalue weighted by Gasteiger charge is -2.19. The Morgan fingerprint density at radius 2 is 2.13 bits per heavy atom. The number of aromatic nitrogens is 2. The van der Waals surface area contributed by atoms with Gasteiger partial charge in [-0.25, -0.2) is 13.4 Å².